The minimum Gasteiger partial charge on any atom is -0.508 e. The molecular formula is C17H21NO2. The Morgan fingerprint density at radius 1 is 1.10 bits per heavy atom. The average molecular weight is 271 g/mol. The molecule has 20 heavy (non-hydrogen) atoms. The number of ether oxygens (including phenoxy) is 1. The van der Waals surface area contributed by atoms with Crippen LogP contribution in [-0.4, -0.2) is 35.3 Å². The van der Waals surface area contributed by atoms with Crippen molar-refractivity contribution in [3.8, 4) is 5.75 Å². The van der Waals surface area contributed by atoms with Gasteiger partial charge in [0, 0.05) is 25.2 Å². The molecule has 2 atom stereocenters. The van der Waals surface area contributed by atoms with Crippen molar-refractivity contribution in [2.24, 2.45) is 0 Å². The molecule has 106 valence electrons. The molecule has 1 aliphatic rings. The Balaban J connectivity index is 1.92. The van der Waals surface area contributed by atoms with Crippen LogP contribution in [0.15, 0.2) is 36.4 Å². The number of phenolic OH excluding ortho intramolecular Hbond substituents is 1. The summed E-state index contributed by atoms with van der Waals surface area (Å²) in [6.07, 6.45) is 0.492. The maximum atomic E-state index is 10.2. The third-order valence-electron chi connectivity index (χ3n) is 3.89. The molecule has 1 N–H and O–H groups in total. The third kappa shape index (κ3) is 2.65. The average Bonchev–Trinajstić information content (AvgIpc) is 2.41. The van der Waals surface area contributed by atoms with Gasteiger partial charge in [-0.15, -0.1) is 0 Å². The lowest BCUT2D eigenvalue weighted by molar-refractivity contribution is -0.0705. The van der Waals surface area contributed by atoms with Crippen molar-refractivity contribution < 1.29 is 9.84 Å². The molecular weight excluding hydrogens is 250 g/mol. The van der Waals surface area contributed by atoms with E-state index in [4.69, 9.17) is 4.74 Å². The molecule has 0 bridgehead atoms. The van der Waals surface area contributed by atoms with Crippen LogP contribution in [0.25, 0.3) is 10.8 Å². The smallest absolute Gasteiger partial charge is 0.120 e. The van der Waals surface area contributed by atoms with Gasteiger partial charge in [-0.3, -0.25) is 4.90 Å². The quantitative estimate of drug-likeness (QED) is 0.910. The van der Waals surface area contributed by atoms with Crippen molar-refractivity contribution in [2.45, 2.75) is 32.6 Å². The number of morpholine rings is 1. The van der Waals surface area contributed by atoms with E-state index in [9.17, 15) is 5.11 Å². The summed E-state index contributed by atoms with van der Waals surface area (Å²) < 4.78 is 5.77. The SMILES string of the molecule is CC1CN(Cc2c(O)ccc3ccccc23)CC(C)O1. The first kappa shape index (κ1) is 13.4. The molecule has 1 saturated heterocycles. The Labute approximate surface area is 119 Å². The fraction of sp³-hybridized carbons (Fsp3) is 0.412. The van der Waals surface area contributed by atoms with Crippen LogP contribution < -0.4 is 0 Å². The van der Waals surface area contributed by atoms with Crippen LogP contribution in [0.3, 0.4) is 0 Å². The van der Waals surface area contributed by atoms with Gasteiger partial charge in [-0.25, -0.2) is 0 Å². The second kappa shape index (κ2) is 5.43. The lowest BCUT2D eigenvalue weighted by Gasteiger charge is -2.35. The first-order valence-electron chi connectivity index (χ1n) is 7.21. The number of benzene rings is 2. The molecule has 3 heteroatoms. The van der Waals surface area contributed by atoms with Crippen molar-refractivity contribution in [3.05, 3.63) is 42.0 Å². The molecule has 2 aromatic carbocycles. The highest BCUT2D eigenvalue weighted by atomic mass is 16.5. The minimum absolute atomic E-state index is 0.246. The van der Waals surface area contributed by atoms with E-state index in [0.717, 1.165) is 30.6 Å². The molecule has 2 unspecified atom stereocenters. The van der Waals surface area contributed by atoms with Gasteiger partial charge in [0.15, 0.2) is 0 Å². The normalized spacial score (nSPS) is 24.1. The molecule has 3 nitrogen and oxygen atoms in total. The maximum absolute atomic E-state index is 10.2. The standard InChI is InChI=1S/C17H21NO2/c1-12-9-18(10-13(2)20-12)11-16-15-6-4-3-5-14(15)7-8-17(16)19/h3-8,12-13,19H,9-11H2,1-2H3. The summed E-state index contributed by atoms with van der Waals surface area (Å²) in [6, 6.07) is 12.0. The van der Waals surface area contributed by atoms with E-state index in [1.165, 1.54) is 5.39 Å². The van der Waals surface area contributed by atoms with E-state index in [1.807, 2.05) is 18.2 Å². The summed E-state index contributed by atoms with van der Waals surface area (Å²) >= 11 is 0. The Morgan fingerprint density at radius 2 is 1.80 bits per heavy atom. The second-order valence-corrected chi connectivity index (χ2v) is 5.74. The fourth-order valence-electron chi connectivity index (χ4n) is 3.13. The first-order chi connectivity index (χ1) is 9.63. The number of hydrogen-bond donors (Lipinski definition) is 1. The summed E-state index contributed by atoms with van der Waals surface area (Å²) in [7, 11) is 0. The molecule has 3 rings (SSSR count). The molecule has 0 saturated carbocycles. The van der Waals surface area contributed by atoms with Crippen molar-refractivity contribution in [2.75, 3.05) is 13.1 Å². The molecule has 0 aliphatic carbocycles. The summed E-state index contributed by atoms with van der Waals surface area (Å²) in [5.74, 6) is 0.385. The lowest BCUT2D eigenvalue weighted by Crippen LogP contribution is -2.44. The monoisotopic (exact) mass is 271 g/mol. The van der Waals surface area contributed by atoms with Gasteiger partial charge in [0.05, 0.1) is 12.2 Å². The highest BCUT2D eigenvalue weighted by Gasteiger charge is 2.23. The van der Waals surface area contributed by atoms with E-state index in [2.05, 4.69) is 30.9 Å². The summed E-state index contributed by atoms with van der Waals surface area (Å²) in [5, 5.41) is 12.5. The zero-order chi connectivity index (χ0) is 14.1. The minimum atomic E-state index is 0.246. The van der Waals surface area contributed by atoms with Gasteiger partial charge in [-0.1, -0.05) is 30.3 Å². The van der Waals surface area contributed by atoms with E-state index in [1.54, 1.807) is 6.07 Å². The highest BCUT2D eigenvalue weighted by molar-refractivity contribution is 5.87. The van der Waals surface area contributed by atoms with Crippen molar-refractivity contribution in [3.63, 3.8) is 0 Å². The zero-order valence-corrected chi connectivity index (χ0v) is 12.0. The number of aromatic hydroxyl groups is 1. The van der Waals surface area contributed by atoms with Crippen molar-refractivity contribution >= 4 is 10.8 Å². The molecule has 0 amide bonds. The van der Waals surface area contributed by atoms with Crippen molar-refractivity contribution in [1.82, 2.24) is 4.90 Å². The number of rotatable bonds is 2. The first-order valence-corrected chi connectivity index (χ1v) is 7.21. The van der Waals surface area contributed by atoms with Crippen LogP contribution >= 0.6 is 0 Å². The van der Waals surface area contributed by atoms with E-state index < -0.39 is 0 Å². The Kier molecular flexibility index (Phi) is 3.64. The number of phenols is 1. The van der Waals surface area contributed by atoms with Crippen molar-refractivity contribution in [1.29, 1.82) is 0 Å². The molecule has 0 spiro atoms. The van der Waals surface area contributed by atoms with Crippen LogP contribution in [0.4, 0.5) is 0 Å². The van der Waals surface area contributed by atoms with Gasteiger partial charge in [0.25, 0.3) is 0 Å². The Hall–Kier alpha value is -1.58. The summed E-state index contributed by atoms with van der Waals surface area (Å²) in [4.78, 5) is 2.36. The summed E-state index contributed by atoms with van der Waals surface area (Å²) in [6.45, 7) is 6.79. The third-order valence-corrected chi connectivity index (χ3v) is 3.89. The van der Waals surface area contributed by atoms with Gasteiger partial charge >= 0.3 is 0 Å². The van der Waals surface area contributed by atoms with Gasteiger partial charge < -0.3 is 9.84 Å². The van der Waals surface area contributed by atoms with Gasteiger partial charge in [-0.05, 0) is 30.7 Å². The number of fused-ring (bicyclic) bond motifs is 1. The fourth-order valence-corrected chi connectivity index (χ4v) is 3.13. The molecule has 1 heterocycles. The van der Waals surface area contributed by atoms with Gasteiger partial charge in [-0.2, -0.15) is 0 Å². The van der Waals surface area contributed by atoms with E-state index >= 15 is 0 Å². The van der Waals surface area contributed by atoms with Crippen LogP contribution in [0.2, 0.25) is 0 Å². The highest BCUT2D eigenvalue weighted by Crippen LogP contribution is 2.29. The van der Waals surface area contributed by atoms with Crippen LogP contribution in [0.5, 0.6) is 5.75 Å². The zero-order valence-electron chi connectivity index (χ0n) is 12.0. The Bertz CT molecular complexity index is 601. The Morgan fingerprint density at radius 3 is 2.55 bits per heavy atom. The van der Waals surface area contributed by atoms with Crippen LogP contribution in [-0.2, 0) is 11.3 Å². The predicted octanol–water partition coefficient (Wildman–Crippen LogP) is 3.15. The second-order valence-electron chi connectivity index (χ2n) is 5.74. The van der Waals surface area contributed by atoms with Crippen LogP contribution in [0.1, 0.15) is 19.4 Å². The largest absolute Gasteiger partial charge is 0.508 e. The lowest BCUT2D eigenvalue weighted by atomic mass is 10.0. The van der Waals surface area contributed by atoms with E-state index in [0.29, 0.717) is 5.75 Å². The van der Waals surface area contributed by atoms with Gasteiger partial charge in [0.1, 0.15) is 5.75 Å². The number of nitrogens with zero attached hydrogens (tertiary/aromatic N) is 1. The molecule has 1 fully saturated rings. The predicted molar refractivity (Wildman–Crippen MR) is 80.9 cm³/mol. The molecule has 1 aliphatic heterocycles. The van der Waals surface area contributed by atoms with Crippen LogP contribution in [0, 0.1) is 0 Å². The molecule has 2 aromatic rings. The maximum Gasteiger partial charge on any atom is 0.120 e. The topological polar surface area (TPSA) is 32.7 Å². The molecule has 0 aromatic heterocycles. The number of hydrogen-bond acceptors (Lipinski definition) is 3. The van der Waals surface area contributed by atoms with Gasteiger partial charge in [0.2, 0.25) is 0 Å². The molecule has 0 radical (unpaired) electrons. The van der Waals surface area contributed by atoms with E-state index in [-0.39, 0.29) is 12.2 Å². The summed E-state index contributed by atoms with van der Waals surface area (Å²) in [5.41, 5.74) is 1.02.